The van der Waals surface area contributed by atoms with Crippen LogP contribution in [0.3, 0.4) is 0 Å². The molecule has 1 aromatic heterocycles. The number of aryl methyl sites for hydroxylation is 1. The van der Waals surface area contributed by atoms with E-state index in [4.69, 9.17) is 9.47 Å². The zero-order valence-corrected chi connectivity index (χ0v) is 30.2. The Kier molecular flexibility index (Phi) is 11.4. The summed E-state index contributed by atoms with van der Waals surface area (Å²) in [7, 11) is 1.59. The quantitative estimate of drug-likeness (QED) is 0.247. The van der Waals surface area contributed by atoms with E-state index in [0.717, 1.165) is 23.6 Å². The number of urea groups is 1. The van der Waals surface area contributed by atoms with E-state index in [1.807, 2.05) is 73.6 Å². The van der Waals surface area contributed by atoms with Crippen LogP contribution in [-0.4, -0.2) is 88.9 Å². The second-order valence-electron chi connectivity index (χ2n) is 15.2. The molecule has 4 N–H and O–H groups in total. The summed E-state index contributed by atoms with van der Waals surface area (Å²) in [6.07, 6.45) is 1.88. The monoisotopic (exact) mass is 680 g/mol. The number of ketones is 1. The highest BCUT2D eigenvalue weighted by molar-refractivity contribution is 6.38. The van der Waals surface area contributed by atoms with E-state index in [0.29, 0.717) is 23.7 Å². The van der Waals surface area contributed by atoms with Crippen molar-refractivity contribution in [2.24, 2.45) is 5.41 Å². The van der Waals surface area contributed by atoms with Crippen LogP contribution in [0.5, 0.6) is 11.6 Å². The summed E-state index contributed by atoms with van der Waals surface area (Å²) < 4.78 is 11.8. The Hall–Kier alpha value is -4.42. The van der Waals surface area contributed by atoms with E-state index >= 15 is 0 Å². The van der Waals surface area contributed by atoms with Gasteiger partial charge >= 0.3 is 6.03 Å². The molecule has 1 saturated carbocycles. The Morgan fingerprint density at radius 2 is 1.71 bits per heavy atom. The molecule has 1 aliphatic heterocycles. The van der Waals surface area contributed by atoms with Gasteiger partial charge in [-0.3, -0.25) is 19.2 Å². The summed E-state index contributed by atoms with van der Waals surface area (Å²) in [6, 6.07) is 3.80. The third-order valence-electron chi connectivity index (χ3n) is 8.48. The zero-order valence-electron chi connectivity index (χ0n) is 30.2. The van der Waals surface area contributed by atoms with Crippen LogP contribution in [0.2, 0.25) is 0 Å². The van der Waals surface area contributed by atoms with Gasteiger partial charge in [-0.15, -0.1) is 0 Å². The number of aromatic nitrogens is 1. The molecule has 268 valence electrons. The maximum absolute atomic E-state index is 14.4. The van der Waals surface area contributed by atoms with Gasteiger partial charge in [-0.25, -0.2) is 9.78 Å². The van der Waals surface area contributed by atoms with Crippen molar-refractivity contribution in [3.63, 3.8) is 0 Å². The number of nitrogens with zero attached hydrogens (tertiary/aromatic N) is 2. The van der Waals surface area contributed by atoms with Crippen LogP contribution in [0.4, 0.5) is 4.79 Å². The number of fused-ring (bicyclic) bond motifs is 1. The number of carbonyl (C=O) groups is 5. The normalized spacial score (nSPS) is 19.1. The number of hydrogen-bond acceptors (Lipinski definition) is 8. The minimum absolute atomic E-state index is 0.0139. The second kappa shape index (κ2) is 15.0. The van der Waals surface area contributed by atoms with Gasteiger partial charge < -0.3 is 35.6 Å². The molecule has 0 bridgehead atoms. The Labute approximate surface area is 288 Å². The van der Waals surface area contributed by atoms with Crippen molar-refractivity contribution in [3.8, 4) is 11.6 Å². The van der Waals surface area contributed by atoms with Crippen LogP contribution in [0.25, 0.3) is 10.8 Å². The number of amides is 5. The predicted molar refractivity (Wildman–Crippen MR) is 185 cm³/mol. The van der Waals surface area contributed by atoms with E-state index in [1.165, 1.54) is 4.90 Å². The van der Waals surface area contributed by atoms with Crippen LogP contribution in [0.1, 0.15) is 86.3 Å². The third kappa shape index (κ3) is 9.82. The fourth-order valence-corrected chi connectivity index (χ4v) is 5.87. The highest BCUT2D eigenvalue weighted by Crippen LogP contribution is 2.32. The molecule has 2 fully saturated rings. The minimum Gasteiger partial charge on any atom is -0.497 e. The number of ether oxygens (including phenoxy) is 2. The number of likely N-dealkylation sites (tertiary alicyclic amines) is 1. The number of Topliss-reactive ketones (excluding diaryl/α,β-unsaturated/α-hetero) is 1. The van der Waals surface area contributed by atoms with Gasteiger partial charge in [0.25, 0.3) is 5.91 Å². The molecule has 0 spiro atoms. The number of methoxy groups -OCH3 is 1. The summed E-state index contributed by atoms with van der Waals surface area (Å²) in [5, 5.41) is 12.7. The van der Waals surface area contributed by atoms with E-state index in [-0.39, 0.29) is 25.4 Å². The van der Waals surface area contributed by atoms with E-state index in [1.54, 1.807) is 13.2 Å². The van der Waals surface area contributed by atoms with Crippen LogP contribution in [0, 0.1) is 12.3 Å². The molecule has 2 aromatic rings. The van der Waals surface area contributed by atoms with Crippen LogP contribution >= 0.6 is 0 Å². The van der Waals surface area contributed by atoms with E-state index in [2.05, 4.69) is 26.3 Å². The summed E-state index contributed by atoms with van der Waals surface area (Å²) in [5.41, 5.74) is -0.574. The molecule has 1 aromatic carbocycles. The number of nitrogens with one attached hydrogen (secondary N) is 4. The highest BCUT2D eigenvalue weighted by atomic mass is 16.5. The van der Waals surface area contributed by atoms with Gasteiger partial charge in [0, 0.05) is 29.1 Å². The SMILES string of the molecule is CCC[C@H](NC(=O)[C@@H]1CC(Oc2nc(C)cc3cc(OC)ccc23)CN1C(=O)[C@@H](NC(=O)NC(C)(C)C)C(C)(C)C)C(=O)C(=O)NC1CC1. The number of pyridine rings is 1. The molecule has 4 atom stereocenters. The highest BCUT2D eigenvalue weighted by Gasteiger charge is 2.47. The molecular weight excluding hydrogens is 628 g/mol. The lowest BCUT2D eigenvalue weighted by molar-refractivity contribution is -0.144. The van der Waals surface area contributed by atoms with E-state index < -0.39 is 64.7 Å². The number of benzene rings is 1. The molecule has 2 aliphatic rings. The summed E-state index contributed by atoms with van der Waals surface area (Å²) >= 11 is 0. The average Bonchev–Trinajstić information content (AvgIpc) is 3.72. The third-order valence-corrected chi connectivity index (χ3v) is 8.48. The Balaban J connectivity index is 1.65. The fourth-order valence-electron chi connectivity index (χ4n) is 5.87. The predicted octanol–water partition coefficient (Wildman–Crippen LogP) is 3.55. The molecule has 49 heavy (non-hydrogen) atoms. The molecule has 4 rings (SSSR count). The topological polar surface area (TPSA) is 168 Å². The van der Waals surface area contributed by atoms with Gasteiger partial charge in [-0.05, 0) is 82.0 Å². The van der Waals surface area contributed by atoms with Gasteiger partial charge in [0.15, 0.2) is 0 Å². The largest absolute Gasteiger partial charge is 0.497 e. The second-order valence-corrected chi connectivity index (χ2v) is 15.2. The van der Waals surface area contributed by atoms with Crippen molar-refractivity contribution in [2.75, 3.05) is 13.7 Å². The minimum atomic E-state index is -1.06. The molecule has 2 heterocycles. The Morgan fingerprint density at radius 1 is 1.02 bits per heavy atom. The van der Waals surface area contributed by atoms with Crippen molar-refractivity contribution in [1.82, 2.24) is 31.2 Å². The van der Waals surface area contributed by atoms with Crippen molar-refractivity contribution < 1.29 is 33.4 Å². The molecular formula is C36H52N6O7. The molecule has 1 unspecified atom stereocenters. The average molecular weight is 681 g/mol. The number of rotatable bonds is 12. The van der Waals surface area contributed by atoms with Gasteiger partial charge in [-0.2, -0.15) is 0 Å². The van der Waals surface area contributed by atoms with Crippen LogP contribution < -0.4 is 30.7 Å². The van der Waals surface area contributed by atoms with Gasteiger partial charge in [-0.1, -0.05) is 34.1 Å². The molecule has 13 heteroatoms. The summed E-state index contributed by atoms with van der Waals surface area (Å²) in [5.74, 6) is -1.47. The van der Waals surface area contributed by atoms with Crippen LogP contribution in [-0.2, 0) is 19.2 Å². The number of hydrogen-bond donors (Lipinski definition) is 4. The van der Waals surface area contributed by atoms with Gasteiger partial charge in [0.05, 0.1) is 19.7 Å². The molecule has 1 aliphatic carbocycles. The fraction of sp³-hybridized carbons (Fsp3) is 0.611. The van der Waals surface area contributed by atoms with Crippen molar-refractivity contribution >= 4 is 40.3 Å². The van der Waals surface area contributed by atoms with Crippen molar-refractivity contribution in [2.45, 2.75) is 123 Å². The molecule has 0 radical (unpaired) electrons. The Morgan fingerprint density at radius 3 is 2.31 bits per heavy atom. The standard InChI is InChI=1S/C36H52N6O7/c1-10-11-26(28(43)31(45)38-22-12-13-22)39-30(44)27-18-24(49-32-25-15-14-23(48-9)17-21(25)16-20(2)37-32)19-42(27)33(46)29(35(3,4)5)40-34(47)41-36(6,7)8/h14-17,22,24,26-27,29H,10-13,18-19H2,1-9H3,(H,38,45)(H,39,44)(H2,40,41,47)/t24?,26-,27-,29+/m0/s1. The first-order valence-electron chi connectivity index (χ1n) is 17.1. The lowest BCUT2D eigenvalue weighted by Crippen LogP contribution is -2.61. The molecule has 5 amide bonds. The smallest absolute Gasteiger partial charge is 0.315 e. The van der Waals surface area contributed by atoms with Gasteiger partial charge in [0.2, 0.25) is 23.5 Å². The Bertz CT molecular complexity index is 1580. The van der Waals surface area contributed by atoms with E-state index in [9.17, 15) is 24.0 Å². The first-order valence-corrected chi connectivity index (χ1v) is 17.1. The molecule has 13 nitrogen and oxygen atoms in total. The maximum Gasteiger partial charge on any atom is 0.315 e. The first-order chi connectivity index (χ1) is 22.9. The van der Waals surface area contributed by atoms with Gasteiger partial charge in [0.1, 0.15) is 23.9 Å². The first kappa shape index (κ1) is 37.4. The summed E-state index contributed by atoms with van der Waals surface area (Å²) in [6.45, 7) is 14.7. The molecule has 1 saturated heterocycles. The maximum atomic E-state index is 14.4. The lowest BCUT2D eigenvalue weighted by Gasteiger charge is -2.36. The van der Waals surface area contributed by atoms with Crippen molar-refractivity contribution in [1.29, 1.82) is 0 Å². The zero-order chi connectivity index (χ0) is 36.3. The van der Waals surface area contributed by atoms with Crippen molar-refractivity contribution in [3.05, 3.63) is 30.0 Å². The summed E-state index contributed by atoms with van der Waals surface area (Å²) in [4.78, 5) is 73.3. The lowest BCUT2D eigenvalue weighted by atomic mass is 9.85. The number of carbonyl (C=O) groups excluding carboxylic acids is 5. The van der Waals surface area contributed by atoms with Crippen LogP contribution in [0.15, 0.2) is 24.3 Å².